The molecule has 0 bridgehead atoms. The molecule has 1 aliphatic heterocycles. The minimum absolute atomic E-state index is 0.233. The first-order chi connectivity index (χ1) is 10.4. The molecule has 0 fully saturated rings. The smallest absolute Gasteiger partial charge is 0.340 e. The zero-order valence-electron chi connectivity index (χ0n) is 11.0. The highest BCUT2D eigenvalue weighted by atomic mass is 19.2. The van der Waals surface area contributed by atoms with Crippen LogP contribution < -0.4 is 5.32 Å². The molecule has 116 valence electrons. The molecule has 22 heavy (non-hydrogen) atoms. The molecule has 0 radical (unpaired) electrons. The van der Waals surface area contributed by atoms with E-state index in [2.05, 4.69) is 5.32 Å². The number of anilines is 1. The summed E-state index contributed by atoms with van der Waals surface area (Å²) in [5.41, 5.74) is -1.65. The third-order valence-corrected chi connectivity index (χ3v) is 2.91. The highest BCUT2D eigenvalue weighted by Gasteiger charge is 2.32. The van der Waals surface area contributed by atoms with Gasteiger partial charge >= 0.3 is 5.97 Å². The molecular weight excluding hydrogens is 302 g/mol. The van der Waals surface area contributed by atoms with Gasteiger partial charge in [0.15, 0.2) is 11.6 Å². The Hall–Kier alpha value is -2.81. The van der Waals surface area contributed by atoms with E-state index in [9.17, 15) is 23.2 Å². The Bertz CT molecular complexity index is 702. The Labute approximate surface area is 122 Å². The van der Waals surface area contributed by atoms with E-state index in [-0.39, 0.29) is 17.9 Å². The first-order valence-corrected chi connectivity index (χ1v) is 6.03. The van der Waals surface area contributed by atoms with Crippen molar-refractivity contribution in [3.05, 3.63) is 41.1 Å². The number of rotatable bonds is 5. The Morgan fingerprint density at radius 3 is 2.55 bits per heavy atom. The molecule has 9 heteroatoms. The summed E-state index contributed by atoms with van der Waals surface area (Å²) in [6.45, 7) is -0.674. The number of amides is 2. The van der Waals surface area contributed by atoms with Crippen molar-refractivity contribution >= 4 is 23.5 Å². The number of carboxylic acids is 1. The van der Waals surface area contributed by atoms with Crippen molar-refractivity contribution in [2.45, 2.75) is 0 Å². The zero-order chi connectivity index (χ0) is 16.4. The van der Waals surface area contributed by atoms with E-state index in [0.717, 1.165) is 17.0 Å². The Kier molecular flexibility index (Phi) is 4.18. The SMILES string of the molecule is O=C(O)c1c(NC2=CC(=O)N(CCO)C2=O)ccc(F)c1F. The lowest BCUT2D eigenvalue weighted by atomic mass is 10.1. The molecule has 0 aliphatic carbocycles. The third kappa shape index (κ3) is 2.66. The van der Waals surface area contributed by atoms with Gasteiger partial charge in [-0.1, -0.05) is 0 Å². The first-order valence-electron chi connectivity index (χ1n) is 6.03. The van der Waals surface area contributed by atoms with Gasteiger partial charge in [-0.25, -0.2) is 13.6 Å². The number of benzene rings is 1. The third-order valence-electron chi connectivity index (χ3n) is 2.91. The summed E-state index contributed by atoms with van der Waals surface area (Å²) < 4.78 is 26.6. The molecule has 0 saturated heterocycles. The van der Waals surface area contributed by atoms with Crippen molar-refractivity contribution < 1.29 is 33.4 Å². The molecule has 2 rings (SSSR count). The van der Waals surface area contributed by atoms with E-state index in [1.807, 2.05) is 0 Å². The lowest BCUT2D eigenvalue weighted by molar-refractivity contribution is -0.137. The molecule has 2 amide bonds. The maximum Gasteiger partial charge on any atom is 0.340 e. The van der Waals surface area contributed by atoms with E-state index >= 15 is 0 Å². The molecule has 1 aliphatic rings. The predicted molar refractivity (Wildman–Crippen MR) is 68.8 cm³/mol. The predicted octanol–water partition coefficient (Wildman–Crippen LogP) is 0.320. The maximum atomic E-state index is 13.5. The normalized spacial score (nSPS) is 14.3. The van der Waals surface area contributed by atoms with Crippen LogP contribution in [0.1, 0.15) is 10.4 Å². The topological polar surface area (TPSA) is 107 Å². The minimum Gasteiger partial charge on any atom is -0.478 e. The van der Waals surface area contributed by atoms with Gasteiger partial charge in [0.1, 0.15) is 11.3 Å². The average molecular weight is 312 g/mol. The highest BCUT2D eigenvalue weighted by molar-refractivity contribution is 6.17. The molecule has 7 nitrogen and oxygen atoms in total. The standard InChI is InChI=1S/C13H10F2N2O5/c14-6-1-2-7(10(11(6)15)13(21)22)16-8-5-9(19)17(3-4-18)12(8)20/h1-2,5,16,18H,3-4H2,(H,21,22). The quantitative estimate of drug-likeness (QED) is 0.676. The van der Waals surface area contributed by atoms with Crippen LogP contribution in [-0.4, -0.2) is 46.0 Å². The Balaban J connectivity index is 2.35. The molecule has 0 aromatic heterocycles. The van der Waals surface area contributed by atoms with Crippen LogP contribution in [0.2, 0.25) is 0 Å². The van der Waals surface area contributed by atoms with Gasteiger partial charge < -0.3 is 15.5 Å². The van der Waals surface area contributed by atoms with Gasteiger partial charge in [0.2, 0.25) is 0 Å². The van der Waals surface area contributed by atoms with E-state index in [1.54, 1.807) is 0 Å². The Morgan fingerprint density at radius 2 is 1.95 bits per heavy atom. The van der Waals surface area contributed by atoms with Crippen molar-refractivity contribution in [2.24, 2.45) is 0 Å². The second-order valence-corrected chi connectivity index (χ2v) is 4.29. The number of carbonyl (C=O) groups excluding carboxylic acids is 2. The van der Waals surface area contributed by atoms with Crippen molar-refractivity contribution in [3.63, 3.8) is 0 Å². The van der Waals surface area contributed by atoms with Crippen LogP contribution in [0, 0.1) is 11.6 Å². The number of nitrogens with zero attached hydrogens (tertiary/aromatic N) is 1. The van der Waals surface area contributed by atoms with Crippen LogP contribution in [0.15, 0.2) is 23.9 Å². The van der Waals surface area contributed by atoms with Crippen LogP contribution in [0.5, 0.6) is 0 Å². The minimum atomic E-state index is -1.73. The van der Waals surface area contributed by atoms with Gasteiger partial charge in [-0.15, -0.1) is 0 Å². The fourth-order valence-electron chi connectivity index (χ4n) is 1.92. The van der Waals surface area contributed by atoms with Crippen LogP contribution >= 0.6 is 0 Å². The van der Waals surface area contributed by atoms with E-state index in [0.29, 0.717) is 6.07 Å². The van der Waals surface area contributed by atoms with E-state index < -0.39 is 41.6 Å². The van der Waals surface area contributed by atoms with Crippen LogP contribution in [0.4, 0.5) is 14.5 Å². The summed E-state index contributed by atoms with van der Waals surface area (Å²) in [7, 11) is 0. The number of hydrogen-bond donors (Lipinski definition) is 3. The van der Waals surface area contributed by atoms with Crippen molar-refractivity contribution in [1.82, 2.24) is 4.90 Å². The van der Waals surface area contributed by atoms with Crippen molar-refractivity contribution in [3.8, 4) is 0 Å². The van der Waals surface area contributed by atoms with Crippen LogP contribution in [0.3, 0.4) is 0 Å². The lowest BCUT2D eigenvalue weighted by Gasteiger charge is -2.14. The summed E-state index contributed by atoms with van der Waals surface area (Å²) in [5, 5.41) is 20.0. The molecule has 1 aromatic carbocycles. The molecule has 3 N–H and O–H groups in total. The fourth-order valence-corrected chi connectivity index (χ4v) is 1.92. The molecule has 1 aromatic rings. The molecule has 0 atom stereocenters. The number of β-amino-alcohol motifs (C(OH)–C–C–N with tert-alkyl or cyclic N) is 1. The van der Waals surface area contributed by atoms with Crippen molar-refractivity contribution in [1.29, 1.82) is 0 Å². The second kappa shape index (κ2) is 5.90. The van der Waals surface area contributed by atoms with Crippen LogP contribution in [0.25, 0.3) is 0 Å². The maximum absolute atomic E-state index is 13.5. The number of carbonyl (C=O) groups is 3. The van der Waals surface area contributed by atoms with E-state index in [1.165, 1.54) is 0 Å². The van der Waals surface area contributed by atoms with E-state index in [4.69, 9.17) is 10.2 Å². The average Bonchev–Trinajstić information content (AvgIpc) is 2.71. The van der Waals surface area contributed by atoms with Gasteiger partial charge in [0.25, 0.3) is 11.8 Å². The molecule has 1 heterocycles. The number of aliphatic hydroxyl groups is 1. The summed E-state index contributed by atoms with van der Waals surface area (Å²) in [4.78, 5) is 35.2. The number of halogens is 2. The zero-order valence-corrected chi connectivity index (χ0v) is 11.0. The summed E-state index contributed by atoms with van der Waals surface area (Å²) in [5.74, 6) is -6.18. The molecule has 0 unspecified atom stereocenters. The number of hydrogen-bond acceptors (Lipinski definition) is 5. The number of nitrogens with one attached hydrogen (secondary N) is 1. The summed E-state index contributed by atoms with van der Waals surface area (Å²) >= 11 is 0. The van der Waals surface area contributed by atoms with Gasteiger partial charge in [0, 0.05) is 6.08 Å². The number of aliphatic hydroxyl groups excluding tert-OH is 1. The molecule has 0 saturated carbocycles. The number of aromatic carboxylic acids is 1. The lowest BCUT2D eigenvalue weighted by Crippen LogP contribution is -2.34. The summed E-state index contributed by atoms with van der Waals surface area (Å²) in [6.07, 6.45) is 0.880. The van der Waals surface area contributed by atoms with Crippen molar-refractivity contribution in [2.75, 3.05) is 18.5 Å². The monoisotopic (exact) mass is 312 g/mol. The molecule has 0 spiro atoms. The van der Waals surface area contributed by atoms with Gasteiger partial charge in [-0.2, -0.15) is 0 Å². The highest BCUT2D eigenvalue weighted by Crippen LogP contribution is 2.24. The van der Waals surface area contributed by atoms with Gasteiger partial charge in [-0.3, -0.25) is 14.5 Å². The second-order valence-electron chi connectivity index (χ2n) is 4.29. The molecular formula is C13H10F2N2O5. The van der Waals surface area contributed by atoms with Gasteiger partial charge in [0.05, 0.1) is 18.8 Å². The van der Waals surface area contributed by atoms with Gasteiger partial charge in [-0.05, 0) is 12.1 Å². The number of carboxylic acid groups (broad SMARTS) is 1. The van der Waals surface area contributed by atoms with Crippen LogP contribution in [-0.2, 0) is 9.59 Å². The fraction of sp³-hybridized carbons (Fsp3) is 0.154. The number of imide groups is 1. The summed E-state index contributed by atoms with van der Waals surface area (Å²) in [6, 6.07) is 1.63. The first kappa shape index (κ1) is 15.6. The Morgan fingerprint density at radius 1 is 1.27 bits per heavy atom. The largest absolute Gasteiger partial charge is 0.478 e.